The lowest BCUT2D eigenvalue weighted by atomic mass is 10.0. The average molecular weight is 655 g/mol. The van der Waals surface area contributed by atoms with Crippen molar-refractivity contribution in [3.63, 3.8) is 0 Å². The molecule has 4 rings (SSSR count). The largest absolute Gasteiger partial charge is 0.352 e. The topological polar surface area (TPSA) is 86.8 Å². The molecule has 0 radical (unpaired) electrons. The maximum absolute atomic E-state index is 14.3. The Kier molecular flexibility index (Phi) is 10.8. The van der Waals surface area contributed by atoms with E-state index in [0.717, 1.165) is 53.1 Å². The standard InChI is InChI=1S/C33H40BrN3O4S/c1-24(2)29-18-9-10-19-30(29)37(42(3,40)41)23-32(38)36(22-26-14-11-15-27(34)20-26)31(21-25-12-5-4-6-13-25)33(39)35-28-16-7-8-17-28/h4-6,9-15,18-20,24,28,31H,7-8,16-17,21-23H2,1-3H3,(H,35,39). The van der Waals surface area contributed by atoms with Crippen LogP contribution in [-0.2, 0) is 32.6 Å². The predicted molar refractivity (Wildman–Crippen MR) is 172 cm³/mol. The van der Waals surface area contributed by atoms with E-state index in [-0.39, 0.29) is 24.4 Å². The fraction of sp³-hybridized carbons (Fsp3) is 0.394. The number of hydrogen-bond acceptors (Lipinski definition) is 4. The molecule has 2 amide bonds. The first kappa shape index (κ1) is 31.8. The van der Waals surface area contributed by atoms with Gasteiger partial charge in [0, 0.05) is 23.5 Å². The summed E-state index contributed by atoms with van der Waals surface area (Å²) in [5.41, 5.74) is 3.05. The van der Waals surface area contributed by atoms with Crippen LogP contribution in [-0.4, -0.2) is 50.0 Å². The van der Waals surface area contributed by atoms with E-state index in [1.165, 1.54) is 4.31 Å². The maximum Gasteiger partial charge on any atom is 0.244 e. The van der Waals surface area contributed by atoms with E-state index in [1.807, 2.05) is 80.6 Å². The number of carbonyl (C=O) groups excluding carboxylic acids is 2. The van der Waals surface area contributed by atoms with E-state index in [2.05, 4.69) is 21.2 Å². The van der Waals surface area contributed by atoms with Gasteiger partial charge in [0.05, 0.1) is 11.9 Å². The molecule has 9 heteroatoms. The number of nitrogens with one attached hydrogen (secondary N) is 1. The van der Waals surface area contributed by atoms with Crippen molar-refractivity contribution in [2.45, 2.75) is 70.5 Å². The van der Waals surface area contributed by atoms with E-state index < -0.39 is 28.5 Å². The molecule has 3 aromatic rings. The van der Waals surface area contributed by atoms with Crippen molar-refractivity contribution in [1.82, 2.24) is 10.2 Å². The molecule has 0 aromatic heterocycles. The molecule has 0 heterocycles. The summed E-state index contributed by atoms with van der Waals surface area (Å²) in [5, 5.41) is 3.20. The molecule has 1 aliphatic rings. The van der Waals surface area contributed by atoms with Crippen molar-refractivity contribution in [2.24, 2.45) is 0 Å². The first-order valence-corrected chi connectivity index (χ1v) is 17.1. The zero-order valence-electron chi connectivity index (χ0n) is 24.5. The summed E-state index contributed by atoms with van der Waals surface area (Å²) in [7, 11) is -3.83. The summed E-state index contributed by atoms with van der Waals surface area (Å²) < 4.78 is 28.4. The third-order valence-corrected chi connectivity index (χ3v) is 9.34. The summed E-state index contributed by atoms with van der Waals surface area (Å²) in [6.45, 7) is 3.71. The fourth-order valence-corrected chi connectivity index (χ4v) is 6.87. The monoisotopic (exact) mass is 653 g/mol. The molecule has 1 N–H and O–H groups in total. The Morgan fingerprint density at radius 1 is 0.929 bits per heavy atom. The second-order valence-corrected chi connectivity index (χ2v) is 14.2. The number of anilines is 1. The third kappa shape index (κ3) is 8.44. The Morgan fingerprint density at radius 3 is 2.21 bits per heavy atom. The Balaban J connectivity index is 1.75. The van der Waals surface area contributed by atoms with Gasteiger partial charge in [0.15, 0.2) is 0 Å². The minimum absolute atomic E-state index is 0.0429. The van der Waals surface area contributed by atoms with Crippen molar-refractivity contribution in [3.8, 4) is 0 Å². The molecule has 0 spiro atoms. The van der Waals surface area contributed by atoms with Gasteiger partial charge in [-0.15, -0.1) is 0 Å². The molecule has 42 heavy (non-hydrogen) atoms. The number of halogens is 1. The van der Waals surface area contributed by atoms with Gasteiger partial charge in [-0.2, -0.15) is 0 Å². The molecular weight excluding hydrogens is 614 g/mol. The molecule has 0 saturated heterocycles. The second kappa shape index (κ2) is 14.3. The lowest BCUT2D eigenvalue weighted by Crippen LogP contribution is -2.54. The number of nitrogens with zero attached hydrogens (tertiary/aromatic N) is 2. The number of sulfonamides is 1. The molecule has 0 aliphatic heterocycles. The highest BCUT2D eigenvalue weighted by atomic mass is 79.9. The molecular formula is C33H40BrN3O4S. The predicted octanol–water partition coefficient (Wildman–Crippen LogP) is 6.04. The van der Waals surface area contributed by atoms with Crippen molar-refractivity contribution in [3.05, 3.63) is 100 Å². The van der Waals surface area contributed by atoms with Gasteiger partial charge in [-0.3, -0.25) is 13.9 Å². The Labute approximate surface area is 258 Å². The van der Waals surface area contributed by atoms with E-state index >= 15 is 0 Å². The number of hydrogen-bond donors (Lipinski definition) is 1. The molecule has 1 saturated carbocycles. The van der Waals surface area contributed by atoms with Crippen molar-refractivity contribution in [2.75, 3.05) is 17.1 Å². The molecule has 1 aliphatic carbocycles. The van der Waals surface area contributed by atoms with Gasteiger partial charge in [0.2, 0.25) is 21.8 Å². The van der Waals surface area contributed by atoms with Gasteiger partial charge in [-0.05, 0) is 53.6 Å². The third-order valence-electron chi connectivity index (χ3n) is 7.72. The van der Waals surface area contributed by atoms with Crippen LogP contribution in [0.5, 0.6) is 0 Å². The van der Waals surface area contributed by atoms with Crippen LogP contribution < -0.4 is 9.62 Å². The molecule has 3 aromatic carbocycles. The lowest BCUT2D eigenvalue weighted by Gasteiger charge is -2.34. The lowest BCUT2D eigenvalue weighted by molar-refractivity contribution is -0.140. The van der Waals surface area contributed by atoms with Gasteiger partial charge in [-0.1, -0.05) is 103 Å². The summed E-state index contributed by atoms with van der Waals surface area (Å²) in [5.74, 6) is -0.620. The highest BCUT2D eigenvalue weighted by Crippen LogP contribution is 2.29. The SMILES string of the molecule is CC(C)c1ccccc1N(CC(=O)N(Cc1cccc(Br)c1)C(Cc1ccccc1)C(=O)NC1CCCC1)S(C)(=O)=O. The van der Waals surface area contributed by atoms with E-state index in [9.17, 15) is 18.0 Å². The average Bonchev–Trinajstić information content (AvgIpc) is 3.46. The van der Waals surface area contributed by atoms with Gasteiger partial charge < -0.3 is 10.2 Å². The normalized spacial score (nSPS) is 14.5. The number of amides is 2. The summed E-state index contributed by atoms with van der Waals surface area (Å²) in [4.78, 5) is 29.9. The van der Waals surface area contributed by atoms with Crippen molar-refractivity contribution in [1.29, 1.82) is 0 Å². The van der Waals surface area contributed by atoms with E-state index in [4.69, 9.17) is 0 Å². The summed E-state index contributed by atoms with van der Waals surface area (Å²) in [6.07, 6.45) is 5.38. The van der Waals surface area contributed by atoms with Crippen LogP contribution in [0.3, 0.4) is 0 Å². The van der Waals surface area contributed by atoms with Gasteiger partial charge in [0.1, 0.15) is 12.6 Å². The highest BCUT2D eigenvalue weighted by molar-refractivity contribution is 9.10. The van der Waals surface area contributed by atoms with Crippen LogP contribution >= 0.6 is 15.9 Å². The first-order chi connectivity index (χ1) is 20.0. The Hall–Kier alpha value is -3.17. The zero-order valence-corrected chi connectivity index (χ0v) is 26.9. The summed E-state index contributed by atoms with van der Waals surface area (Å²) >= 11 is 3.52. The minimum atomic E-state index is -3.83. The molecule has 1 fully saturated rings. The fourth-order valence-electron chi connectivity index (χ4n) is 5.55. The first-order valence-electron chi connectivity index (χ1n) is 14.5. The maximum atomic E-state index is 14.3. The number of carbonyl (C=O) groups is 2. The highest BCUT2D eigenvalue weighted by Gasteiger charge is 2.34. The van der Waals surface area contributed by atoms with Crippen LogP contribution in [0.25, 0.3) is 0 Å². The van der Waals surface area contributed by atoms with Crippen LogP contribution in [0.1, 0.15) is 62.1 Å². The van der Waals surface area contributed by atoms with E-state index in [0.29, 0.717) is 12.1 Å². The Morgan fingerprint density at radius 2 is 1.57 bits per heavy atom. The Bertz CT molecular complexity index is 1470. The molecule has 1 unspecified atom stereocenters. The van der Waals surface area contributed by atoms with Crippen molar-refractivity contribution >= 4 is 43.5 Å². The van der Waals surface area contributed by atoms with Gasteiger partial charge >= 0.3 is 0 Å². The van der Waals surface area contributed by atoms with Gasteiger partial charge in [-0.25, -0.2) is 8.42 Å². The molecule has 1 atom stereocenters. The smallest absolute Gasteiger partial charge is 0.244 e. The van der Waals surface area contributed by atoms with Crippen LogP contribution in [0.4, 0.5) is 5.69 Å². The van der Waals surface area contributed by atoms with Gasteiger partial charge in [0.25, 0.3) is 0 Å². The number of rotatable bonds is 12. The van der Waals surface area contributed by atoms with Crippen LogP contribution in [0.2, 0.25) is 0 Å². The number of para-hydroxylation sites is 1. The second-order valence-electron chi connectivity index (χ2n) is 11.3. The van der Waals surface area contributed by atoms with Crippen LogP contribution in [0, 0.1) is 0 Å². The molecule has 224 valence electrons. The zero-order chi connectivity index (χ0) is 30.3. The minimum Gasteiger partial charge on any atom is -0.352 e. The summed E-state index contributed by atoms with van der Waals surface area (Å²) in [6, 6.07) is 23.7. The molecule has 7 nitrogen and oxygen atoms in total. The molecule has 0 bridgehead atoms. The van der Waals surface area contributed by atoms with Crippen molar-refractivity contribution < 1.29 is 18.0 Å². The van der Waals surface area contributed by atoms with E-state index in [1.54, 1.807) is 17.0 Å². The number of benzene rings is 3. The quantitative estimate of drug-likeness (QED) is 0.258. The van der Waals surface area contributed by atoms with Crippen LogP contribution in [0.15, 0.2) is 83.3 Å².